The van der Waals surface area contributed by atoms with Crippen LogP contribution in [0.3, 0.4) is 0 Å². The smallest absolute Gasteiger partial charge is 0.257 e. The SMILES string of the molecule is CCCCc1noc(C(C)Sc2nc3ccccc3o2)n1. The Morgan fingerprint density at radius 3 is 2.90 bits per heavy atom. The Kier molecular flexibility index (Phi) is 4.24. The maximum Gasteiger partial charge on any atom is 0.257 e. The average Bonchev–Trinajstić information content (AvgIpc) is 3.11. The standard InChI is InChI=1S/C15H17N3O2S/c1-3-4-9-13-17-14(20-18-13)10(2)21-15-16-11-7-5-6-8-12(11)19-15/h5-8,10H,3-4,9H2,1-2H3. The van der Waals surface area contributed by atoms with E-state index in [-0.39, 0.29) is 5.25 Å². The summed E-state index contributed by atoms with van der Waals surface area (Å²) in [4.78, 5) is 8.87. The molecule has 3 aromatic rings. The van der Waals surface area contributed by atoms with Gasteiger partial charge in [-0.2, -0.15) is 4.98 Å². The molecule has 110 valence electrons. The van der Waals surface area contributed by atoms with Crippen molar-refractivity contribution in [3.05, 3.63) is 36.0 Å². The number of fused-ring (bicyclic) bond motifs is 1. The molecule has 0 aliphatic rings. The average molecular weight is 303 g/mol. The second-order valence-corrected chi connectivity index (χ2v) is 6.15. The monoisotopic (exact) mass is 303 g/mol. The summed E-state index contributed by atoms with van der Waals surface area (Å²) in [6, 6.07) is 7.72. The van der Waals surface area contributed by atoms with E-state index >= 15 is 0 Å². The van der Waals surface area contributed by atoms with Gasteiger partial charge in [-0.25, -0.2) is 4.98 Å². The zero-order valence-electron chi connectivity index (χ0n) is 12.1. The number of hydrogen-bond acceptors (Lipinski definition) is 6. The van der Waals surface area contributed by atoms with Crippen LogP contribution in [0.4, 0.5) is 0 Å². The van der Waals surface area contributed by atoms with Crippen molar-refractivity contribution in [1.82, 2.24) is 15.1 Å². The molecule has 2 aromatic heterocycles. The van der Waals surface area contributed by atoms with Gasteiger partial charge in [0.1, 0.15) is 5.52 Å². The third kappa shape index (κ3) is 3.26. The van der Waals surface area contributed by atoms with E-state index in [0.717, 1.165) is 36.2 Å². The third-order valence-corrected chi connectivity index (χ3v) is 4.07. The van der Waals surface area contributed by atoms with Gasteiger partial charge in [-0.3, -0.25) is 0 Å². The number of nitrogens with zero attached hydrogens (tertiary/aromatic N) is 3. The minimum absolute atomic E-state index is 0.0148. The Morgan fingerprint density at radius 1 is 1.24 bits per heavy atom. The first-order valence-corrected chi connectivity index (χ1v) is 7.99. The van der Waals surface area contributed by atoms with Crippen LogP contribution in [0.2, 0.25) is 0 Å². The van der Waals surface area contributed by atoms with Gasteiger partial charge in [0.25, 0.3) is 5.22 Å². The van der Waals surface area contributed by atoms with Gasteiger partial charge in [-0.15, -0.1) is 0 Å². The summed E-state index contributed by atoms with van der Waals surface area (Å²) in [5.41, 5.74) is 1.66. The number of aryl methyl sites for hydroxylation is 1. The summed E-state index contributed by atoms with van der Waals surface area (Å²) in [6.45, 7) is 4.16. The van der Waals surface area contributed by atoms with Crippen molar-refractivity contribution in [2.24, 2.45) is 0 Å². The second kappa shape index (κ2) is 6.30. The first-order chi connectivity index (χ1) is 10.3. The molecule has 0 N–H and O–H groups in total. The molecule has 1 aromatic carbocycles. The van der Waals surface area contributed by atoms with Crippen LogP contribution < -0.4 is 0 Å². The zero-order valence-corrected chi connectivity index (χ0v) is 12.9. The predicted octanol–water partition coefficient (Wildman–Crippen LogP) is 4.41. The molecule has 0 radical (unpaired) electrons. The number of rotatable bonds is 6. The van der Waals surface area contributed by atoms with Crippen molar-refractivity contribution in [3.8, 4) is 0 Å². The van der Waals surface area contributed by atoms with Gasteiger partial charge in [0.15, 0.2) is 11.4 Å². The minimum Gasteiger partial charge on any atom is -0.431 e. The topological polar surface area (TPSA) is 65.0 Å². The fraction of sp³-hybridized carbons (Fsp3) is 0.400. The fourth-order valence-electron chi connectivity index (χ4n) is 1.97. The van der Waals surface area contributed by atoms with Crippen LogP contribution >= 0.6 is 11.8 Å². The number of unbranched alkanes of at least 4 members (excludes halogenated alkanes) is 1. The summed E-state index contributed by atoms with van der Waals surface area (Å²) >= 11 is 1.49. The van der Waals surface area contributed by atoms with E-state index in [4.69, 9.17) is 8.94 Å². The Hall–Kier alpha value is -1.82. The molecule has 0 saturated heterocycles. The van der Waals surface area contributed by atoms with Crippen LogP contribution in [0.1, 0.15) is 43.7 Å². The molecule has 0 fully saturated rings. The van der Waals surface area contributed by atoms with Crippen molar-refractivity contribution in [1.29, 1.82) is 0 Å². The highest BCUT2D eigenvalue weighted by atomic mass is 32.2. The van der Waals surface area contributed by atoms with E-state index in [1.807, 2.05) is 31.2 Å². The van der Waals surface area contributed by atoms with E-state index in [2.05, 4.69) is 22.0 Å². The lowest BCUT2D eigenvalue weighted by Crippen LogP contribution is -1.91. The molecule has 0 aliphatic heterocycles. The number of aromatic nitrogens is 3. The molecule has 0 amide bonds. The lowest BCUT2D eigenvalue weighted by Gasteiger charge is -2.01. The summed E-state index contributed by atoms with van der Waals surface area (Å²) in [6.07, 6.45) is 3.06. The zero-order chi connectivity index (χ0) is 14.7. The normalized spacial score (nSPS) is 12.9. The number of para-hydroxylation sites is 2. The van der Waals surface area contributed by atoms with Gasteiger partial charge in [-0.1, -0.05) is 42.4 Å². The van der Waals surface area contributed by atoms with E-state index in [9.17, 15) is 0 Å². The lowest BCUT2D eigenvalue weighted by atomic mass is 10.2. The van der Waals surface area contributed by atoms with E-state index < -0.39 is 0 Å². The molecule has 1 unspecified atom stereocenters. The van der Waals surface area contributed by atoms with Gasteiger partial charge in [0.05, 0.1) is 5.25 Å². The molecular weight excluding hydrogens is 286 g/mol. The molecule has 0 bridgehead atoms. The number of hydrogen-bond donors (Lipinski definition) is 0. The Balaban J connectivity index is 1.70. The Bertz CT molecular complexity index is 689. The van der Waals surface area contributed by atoms with Gasteiger partial charge in [0, 0.05) is 6.42 Å². The van der Waals surface area contributed by atoms with E-state index in [1.165, 1.54) is 11.8 Å². The highest BCUT2D eigenvalue weighted by molar-refractivity contribution is 7.99. The van der Waals surface area contributed by atoms with Gasteiger partial charge < -0.3 is 8.94 Å². The minimum atomic E-state index is 0.0148. The highest BCUT2D eigenvalue weighted by Gasteiger charge is 2.18. The fourth-order valence-corrected chi connectivity index (χ4v) is 2.76. The van der Waals surface area contributed by atoms with Crippen LogP contribution in [-0.2, 0) is 6.42 Å². The number of thioether (sulfide) groups is 1. The molecule has 1 atom stereocenters. The van der Waals surface area contributed by atoms with Crippen molar-refractivity contribution >= 4 is 22.9 Å². The molecule has 0 spiro atoms. The van der Waals surface area contributed by atoms with E-state index in [1.54, 1.807) is 0 Å². The predicted molar refractivity (Wildman–Crippen MR) is 81.2 cm³/mol. The van der Waals surface area contributed by atoms with Crippen LogP contribution in [0, 0.1) is 0 Å². The van der Waals surface area contributed by atoms with Crippen molar-refractivity contribution in [2.75, 3.05) is 0 Å². The van der Waals surface area contributed by atoms with Gasteiger partial charge in [-0.05, 0) is 25.5 Å². The summed E-state index contributed by atoms with van der Waals surface area (Å²) < 4.78 is 11.0. The first-order valence-electron chi connectivity index (χ1n) is 7.11. The third-order valence-electron chi connectivity index (χ3n) is 3.14. The number of oxazole rings is 1. The molecular formula is C15H17N3O2S. The van der Waals surface area contributed by atoms with Crippen LogP contribution in [0.25, 0.3) is 11.1 Å². The molecule has 5 nitrogen and oxygen atoms in total. The van der Waals surface area contributed by atoms with E-state index in [0.29, 0.717) is 11.1 Å². The molecule has 0 aliphatic carbocycles. The second-order valence-electron chi connectivity index (χ2n) is 4.86. The Labute approximate surface area is 127 Å². The molecule has 3 rings (SSSR count). The highest BCUT2D eigenvalue weighted by Crippen LogP contribution is 2.34. The summed E-state index contributed by atoms with van der Waals surface area (Å²) in [5, 5.41) is 4.65. The quantitative estimate of drug-likeness (QED) is 0.629. The van der Waals surface area contributed by atoms with Crippen LogP contribution in [0.5, 0.6) is 0 Å². The molecule has 0 saturated carbocycles. The summed E-state index contributed by atoms with van der Waals surface area (Å²) in [7, 11) is 0. The van der Waals surface area contributed by atoms with Gasteiger partial charge >= 0.3 is 0 Å². The maximum absolute atomic E-state index is 5.69. The molecule has 21 heavy (non-hydrogen) atoms. The van der Waals surface area contributed by atoms with Crippen molar-refractivity contribution in [3.63, 3.8) is 0 Å². The Morgan fingerprint density at radius 2 is 2.10 bits per heavy atom. The molecule has 6 heteroatoms. The van der Waals surface area contributed by atoms with Crippen LogP contribution in [-0.4, -0.2) is 15.1 Å². The van der Waals surface area contributed by atoms with Gasteiger partial charge in [0.2, 0.25) is 5.89 Å². The van der Waals surface area contributed by atoms with Crippen LogP contribution in [0.15, 0.2) is 38.4 Å². The van der Waals surface area contributed by atoms with Crippen molar-refractivity contribution in [2.45, 2.75) is 43.6 Å². The summed E-state index contributed by atoms with van der Waals surface area (Å²) in [5.74, 6) is 1.39. The number of benzene rings is 1. The lowest BCUT2D eigenvalue weighted by molar-refractivity contribution is 0.373. The largest absolute Gasteiger partial charge is 0.431 e. The maximum atomic E-state index is 5.69. The van der Waals surface area contributed by atoms with Crippen molar-refractivity contribution < 1.29 is 8.94 Å². The first kappa shape index (κ1) is 14.1. The molecule has 2 heterocycles.